The average molecular weight is 231 g/mol. The van der Waals surface area contributed by atoms with Crippen LogP contribution in [0.5, 0.6) is 5.75 Å². The minimum absolute atomic E-state index is 0.00439. The van der Waals surface area contributed by atoms with Gasteiger partial charge >= 0.3 is 10.3 Å². The Hall–Kier alpha value is -1.44. The topological polar surface area (TPSA) is 104 Å². The molecule has 0 saturated heterocycles. The Morgan fingerprint density at radius 1 is 1.27 bits per heavy atom. The van der Waals surface area contributed by atoms with E-state index in [-0.39, 0.29) is 5.75 Å². The molecule has 0 bridgehead atoms. The first-order chi connectivity index (χ1) is 6.92. The maximum absolute atomic E-state index is 10.6. The molecule has 1 aromatic rings. The largest absolute Gasteiger partial charge is 0.508 e. The first kappa shape index (κ1) is 11.6. The second kappa shape index (κ2) is 4.39. The molecule has 0 aliphatic heterocycles. The van der Waals surface area contributed by atoms with Gasteiger partial charge in [0, 0.05) is 0 Å². The number of benzene rings is 1. The molecule has 0 radical (unpaired) electrons. The molecule has 15 heavy (non-hydrogen) atoms. The number of hydrogen-bond acceptors (Lipinski definition) is 4. The summed E-state index contributed by atoms with van der Waals surface area (Å²) in [5.41, 5.74) is 0.320. The van der Waals surface area contributed by atoms with Crippen LogP contribution in [0.3, 0.4) is 0 Å². The van der Waals surface area contributed by atoms with E-state index in [0.717, 1.165) is 0 Å². The van der Waals surface area contributed by atoms with E-state index in [4.69, 9.17) is 9.66 Å². The first-order valence-corrected chi connectivity index (χ1v) is 5.35. The lowest BCUT2D eigenvalue weighted by molar-refractivity contribution is -0.109. The number of carbonyl (C=O) groups is 1. The molecule has 0 aliphatic carbocycles. The van der Waals surface area contributed by atoms with E-state index < -0.39 is 16.3 Å². The molecule has 1 unspecified atom stereocenters. The number of hydrogen-bond donors (Lipinski definition) is 3. The van der Waals surface area contributed by atoms with Gasteiger partial charge in [0.05, 0.1) is 0 Å². The standard InChI is InChI=1S/C8H9NO5S/c10-5-8(9-15(12,13)14)6-1-3-7(11)4-2-6/h1-5,8-9,11H,(H,12,13,14). The van der Waals surface area contributed by atoms with Crippen LogP contribution >= 0.6 is 0 Å². The van der Waals surface area contributed by atoms with Crippen molar-refractivity contribution in [2.24, 2.45) is 0 Å². The van der Waals surface area contributed by atoms with E-state index in [1.807, 2.05) is 0 Å². The van der Waals surface area contributed by atoms with Gasteiger partial charge in [-0.15, -0.1) is 0 Å². The predicted octanol–water partition coefficient (Wildman–Crippen LogP) is 0.0246. The minimum atomic E-state index is -4.44. The second-order valence-corrected chi connectivity index (χ2v) is 3.98. The highest BCUT2D eigenvalue weighted by molar-refractivity contribution is 7.83. The number of rotatable bonds is 4. The third-order valence-corrected chi connectivity index (χ3v) is 2.22. The third kappa shape index (κ3) is 3.66. The zero-order valence-electron chi connectivity index (χ0n) is 7.49. The van der Waals surface area contributed by atoms with Gasteiger partial charge in [0.15, 0.2) is 0 Å². The van der Waals surface area contributed by atoms with Gasteiger partial charge < -0.3 is 9.90 Å². The molecule has 1 rings (SSSR count). The fourth-order valence-electron chi connectivity index (χ4n) is 1.02. The summed E-state index contributed by atoms with van der Waals surface area (Å²) in [7, 11) is -4.44. The Morgan fingerprint density at radius 2 is 1.80 bits per heavy atom. The summed E-state index contributed by atoms with van der Waals surface area (Å²) >= 11 is 0. The fourth-order valence-corrected chi connectivity index (χ4v) is 1.53. The van der Waals surface area contributed by atoms with Crippen molar-refractivity contribution in [3.63, 3.8) is 0 Å². The van der Waals surface area contributed by atoms with Gasteiger partial charge in [-0.2, -0.15) is 13.1 Å². The summed E-state index contributed by atoms with van der Waals surface area (Å²) in [6.45, 7) is 0. The van der Waals surface area contributed by atoms with E-state index in [2.05, 4.69) is 0 Å². The molecule has 0 fully saturated rings. The quantitative estimate of drug-likeness (QED) is 0.500. The molecular formula is C8H9NO5S. The van der Waals surface area contributed by atoms with Gasteiger partial charge in [-0.1, -0.05) is 12.1 Å². The smallest absolute Gasteiger partial charge is 0.334 e. The van der Waals surface area contributed by atoms with Gasteiger partial charge in [0.2, 0.25) is 0 Å². The minimum Gasteiger partial charge on any atom is -0.508 e. The first-order valence-electron chi connectivity index (χ1n) is 3.91. The molecule has 1 aromatic carbocycles. The van der Waals surface area contributed by atoms with Crippen LogP contribution in [-0.2, 0) is 15.1 Å². The Bertz CT molecular complexity index is 439. The molecule has 0 spiro atoms. The van der Waals surface area contributed by atoms with Gasteiger partial charge in [0.1, 0.15) is 18.1 Å². The maximum Gasteiger partial charge on any atom is 0.334 e. The molecule has 0 amide bonds. The number of phenolic OH excluding ortho intramolecular Hbond substituents is 1. The van der Waals surface area contributed by atoms with Crippen LogP contribution in [0.1, 0.15) is 11.6 Å². The summed E-state index contributed by atoms with van der Waals surface area (Å²) in [5, 5.41) is 8.97. The van der Waals surface area contributed by atoms with Crippen LogP contribution in [0.2, 0.25) is 0 Å². The van der Waals surface area contributed by atoms with Crippen molar-refractivity contribution >= 4 is 16.6 Å². The lowest BCUT2D eigenvalue weighted by Gasteiger charge is -2.09. The Balaban J connectivity index is 2.93. The lowest BCUT2D eigenvalue weighted by Crippen LogP contribution is -2.28. The molecule has 0 saturated carbocycles. The van der Waals surface area contributed by atoms with E-state index in [1.54, 1.807) is 4.72 Å². The molecule has 82 valence electrons. The van der Waals surface area contributed by atoms with Crippen LogP contribution in [0, 0.1) is 0 Å². The molecule has 6 nitrogen and oxygen atoms in total. The molecule has 0 aliphatic rings. The Morgan fingerprint density at radius 3 is 2.20 bits per heavy atom. The monoisotopic (exact) mass is 231 g/mol. The molecule has 7 heteroatoms. The van der Waals surface area contributed by atoms with Crippen LogP contribution in [0.15, 0.2) is 24.3 Å². The molecular weight excluding hydrogens is 222 g/mol. The van der Waals surface area contributed by atoms with Gasteiger partial charge in [0.25, 0.3) is 0 Å². The van der Waals surface area contributed by atoms with E-state index in [0.29, 0.717) is 11.8 Å². The van der Waals surface area contributed by atoms with Gasteiger partial charge in [-0.3, -0.25) is 4.55 Å². The highest BCUT2D eigenvalue weighted by Gasteiger charge is 2.16. The van der Waals surface area contributed by atoms with Crippen LogP contribution in [-0.4, -0.2) is 24.4 Å². The fraction of sp³-hybridized carbons (Fsp3) is 0.125. The zero-order chi connectivity index (χ0) is 11.5. The SMILES string of the molecule is O=CC(NS(=O)(=O)O)c1ccc(O)cc1. The molecule has 1 atom stereocenters. The Kier molecular flexibility index (Phi) is 3.40. The summed E-state index contributed by atoms with van der Waals surface area (Å²) in [5.74, 6) is -0.00439. The van der Waals surface area contributed by atoms with Crippen LogP contribution in [0.4, 0.5) is 0 Å². The predicted molar refractivity (Wildman–Crippen MR) is 51.6 cm³/mol. The average Bonchev–Trinajstić information content (AvgIpc) is 2.14. The van der Waals surface area contributed by atoms with Crippen molar-refractivity contribution in [2.75, 3.05) is 0 Å². The number of carbonyl (C=O) groups excluding carboxylic acids is 1. The van der Waals surface area contributed by atoms with Crippen LogP contribution in [0.25, 0.3) is 0 Å². The molecule has 3 N–H and O–H groups in total. The normalized spacial score (nSPS) is 13.4. The van der Waals surface area contributed by atoms with E-state index in [9.17, 15) is 13.2 Å². The number of aromatic hydroxyl groups is 1. The number of aldehydes is 1. The van der Waals surface area contributed by atoms with Crippen molar-refractivity contribution in [1.82, 2.24) is 4.72 Å². The number of nitrogens with one attached hydrogen (secondary N) is 1. The second-order valence-electron chi connectivity index (χ2n) is 2.80. The highest BCUT2D eigenvalue weighted by atomic mass is 32.2. The summed E-state index contributed by atoms with van der Waals surface area (Å²) in [6, 6.07) is 4.18. The summed E-state index contributed by atoms with van der Waals surface area (Å²) in [6.07, 6.45) is 0.333. The maximum atomic E-state index is 10.6. The van der Waals surface area contributed by atoms with Gasteiger partial charge in [-0.05, 0) is 17.7 Å². The summed E-state index contributed by atoms with van der Waals surface area (Å²) < 4.78 is 31.2. The van der Waals surface area contributed by atoms with Crippen molar-refractivity contribution in [3.8, 4) is 5.75 Å². The summed E-state index contributed by atoms with van der Waals surface area (Å²) in [4.78, 5) is 10.6. The molecule has 0 heterocycles. The third-order valence-electron chi connectivity index (χ3n) is 1.66. The van der Waals surface area contributed by atoms with Crippen LogP contribution < -0.4 is 4.72 Å². The Labute approximate surface area is 86.4 Å². The zero-order valence-corrected chi connectivity index (χ0v) is 8.31. The van der Waals surface area contributed by atoms with E-state index >= 15 is 0 Å². The van der Waals surface area contributed by atoms with Crippen molar-refractivity contribution in [2.45, 2.75) is 6.04 Å². The molecule has 0 aromatic heterocycles. The number of phenols is 1. The van der Waals surface area contributed by atoms with Gasteiger partial charge in [-0.25, -0.2) is 0 Å². The van der Waals surface area contributed by atoms with Crippen molar-refractivity contribution < 1.29 is 22.9 Å². The van der Waals surface area contributed by atoms with Crippen molar-refractivity contribution in [3.05, 3.63) is 29.8 Å². The van der Waals surface area contributed by atoms with E-state index in [1.165, 1.54) is 24.3 Å². The lowest BCUT2D eigenvalue weighted by atomic mass is 10.1. The highest BCUT2D eigenvalue weighted by Crippen LogP contribution is 2.15. The van der Waals surface area contributed by atoms with Crippen molar-refractivity contribution in [1.29, 1.82) is 0 Å².